The van der Waals surface area contributed by atoms with Crippen molar-refractivity contribution in [1.82, 2.24) is 29.1 Å². The van der Waals surface area contributed by atoms with Crippen LogP contribution in [0.2, 0.25) is 0 Å². The highest BCUT2D eigenvalue weighted by Crippen LogP contribution is 2.19. The highest BCUT2D eigenvalue weighted by Gasteiger charge is 2.14. The number of fused-ring (bicyclic) bond motifs is 1. The minimum Gasteiger partial charge on any atom is -0.328 e. The first-order valence-corrected chi connectivity index (χ1v) is 7.64. The maximum atomic E-state index is 5.47. The number of H-pyrrole nitrogens is 1. The molecule has 0 amide bonds. The van der Waals surface area contributed by atoms with E-state index in [0.717, 1.165) is 47.6 Å². The number of hydrogen-bond acceptors (Lipinski definition) is 3. The van der Waals surface area contributed by atoms with Crippen molar-refractivity contribution in [3.63, 3.8) is 0 Å². The molecule has 3 rings (SSSR count). The average molecular weight is 304 g/mol. The molecule has 1 N–H and O–H groups in total. The maximum absolute atomic E-state index is 5.47. The van der Waals surface area contributed by atoms with Gasteiger partial charge in [-0.25, -0.2) is 0 Å². The molecule has 0 atom stereocenters. The van der Waals surface area contributed by atoms with Crippen molar-refractivity contribution in [2.24, 2.45) is 7.05 Å². The normalized spacial score (nSPS) is 11.6. The summed E-state index contributed by atoms with van der Waals surface area (Å²) in [4.78, 5) is 3.31. The molecule has 6 nitrogen and oxygen atoms in total. The zero-order chi connectivity index (χ0) is 15.0. The van der Waals surface area contributed by atoms with Crippen molar-refractivity contribution >= 4 is 23.4 Å². The quantitative estimate of drug-likeness (QED) is 0.737. The predicted molar refractivity (Wildman–Crippen MR) is 84.8 cm³/mol. The molecule has 0 fully saturated rings. The Kier molecular flexibility index (Phi) is 3.67. The Morgan fingerprint density at radius 3 is 2.81 bits per heavy atom. The monoisotopic (exact) mass is 304 g/mol. The fourth-order valence-corrected chi connectivity index (χ4v) is 2.97. The van der Waals surface area contributed by atoms with E-state index in [1.54, 1.807) is 0 Å². The lowest BCUT2D eigenvalue weighted by Crippen LogP contribution is -2.10. The van der Waals surface area contributed by atoms with Crippen molar-refractivity contribution in [3.05, 3.63) is 28.4 Å². The van der Waals surface area contributed by atoms with Crippen LogP contribution in [0.1, 0.15) is 24.6 Å². The molecular weight excluding hydrogens is 284 g/mol. The number of aromatic nitrogens is 6. The van der Waals surface area contributed by atoms with Gasteiger partial charge in [0.2, 0.25) is 0 Å². The first kappa shape index (κ1) is 14.1. The molecule has 3 heterocycles. The molecule has 0 radical (unpaired) electrons. The van der Waals surface area contributed by atoms with Crippen LogP contribution < -0.4 is 0 Å². The second kappa shape index (κ2) is 5.48. The molecule has 0 unspecified atom stereocenters. The average Bonchev–Trinajstić information content (AvgIpc) is 3.07. The van der Waals surface area contributed by atoms with Crippen LogP contribution in [-0.2, 0) is 26.6 Å². The molecule has 3 aromatic heterocycles. The number of nitrogens with one attached hydrogen (secondary N) is 1. The molecule has 7 heteroatoms. The molecule has 0 saturated heterocycles. The summed E-state index contributed by atoms with van der Waals surface area (Å²) in [7, 11) is 1.97. The van der Waals surface area contributed by atoms with E-state index in [0.29, 0.717) is 0 Å². The third-order valence-corrected chi connectivity index (χ3v) is 3.95. The van der Waals surface area contributed by atoms with E-state index in [1.807, 2.05) is 35.7 Å². The molecule has 0 saturated carbocycles. The summed E-state index contributed by atoms with van der Waals surface area (Å²) in [6, 6.07) is 0. The molecule has 0 aliphatic carbocycles. The number of aryl methyl sites for hydroxylation is 5. The van der Waals surface area contributed by atoms with Crippen LogP contribution in [0.5, 0.6) is 0 Å². The van der Waals surface area contributed by atoms with E-state index in [2.05, 4.69) is 26.7 Å². The van der Waals surface area contributed by atoms with Gasteiger partial charge in [0.25, 0.3) is 0 Å². The second-order valence-electron chi connectivity index (χ2n) is 5.38. The van der Waals surface area contributed by atoms with Gasteiger partial charge in [0.05, 0.1) is 18.4 Å². The zero-order valence-corrected chi connectivity index (χ0v) is 13.4. The van der Waals surface area contributed by atoms with Gasteiger partial charge in [-0.2, -0.15) is 10.2 Å². The Morgan fingerprint density at radius 1 is 1.33 bits per heavy atom. The lowest BCUT2D eigenvalue weighted by molar-refractivity contribution is 0.530. The SMILES string of the molecule is CCCc1nn(C)c2c1[nH]c(=S)n2CCn1cc(C)cn1. The highest BCUT2D eigenvalue weighted by molar-refractivity contribution is 7.71. The van der Waals surface area contributed by atoms with Crippen LogP contribution in [0.15, 0.2) is 12.4 Å². The Bertz CT molecular complexity index is 818. The number of rotatable bonds is 5. The Labute approximate surface area is 128 Å². The minimum atomic E-state index is 0.749. The Hall–Kier alpha value is -1.89. The van der Waals surface area contributed by atoms with Crippen molar-refractivity contribution in [2.75, 3.05) is 0 Å². The first-order chi connectivity index (χ1) is 10.1. The van der Waals surface area contributed by atoms with E-state index in [9.17, 15) is 0 Å². The predicted octanol–water partition coefficient (Wildman–Crippen LogP) is 2.59. The van der Waals surface area contributed by atoms with Gasteiger partial charge in [-0.1, -0.05) is 13.3 Å². The lowest BCUT2D eigenvalue weighted by Gasteiger charge is -2.05. The summed E-state index contributed by atoms with van der Waals surface area (Å²) in [6.45, 7) is 5.78. The van der Waals surface area contributed by atoms with Crippen molar-refractivity contribution in [3.8, 4) is 0 Å². The van der Waals surface area contributed by atoms with Crippen LogP contribution in [0.25, 0.3) is 11.2 Å². The Morgan fingerprint density at radius 2 is 2.14 bits per heavy atom. The van der Waals surface area contributed by atoms with Gasteiger partial charge in [0.1, 0.15) is 5.52 Å². The summed E-state index contributed by atoms with van der Waals surface area (Å²) in [5.74, 6) is 0. The third-order valence-electron chi connectivity index (χ3n) is 3.62. The molecule has 21 heavy (non-hydrogen) atoms. The zero-order valence-electron chi connectivity index (χ0n) is 12.6. The smallest absolute Gasteiger partial charge is 0.179 e. The van der Waals surface area contributed by atoms with Gasteiger partial charge in [0.15, 0.2) is 10.4 Å². The summed E-state index contributed by atoms with van der Waals surface area (Å²) in [5, 5.41) is 8.91. The summed E-state index contributed by atoms with van der Waals surface area (Å²) in [6.07, 6.45) is 5.95. The molecule has 112 valence electrons. The van der Waals surface area contributed by atoms with Gasteiger partial charge in [-0.05, 0) is 31.1 Å². The van der Waals surface area contributed by atoms with E-state index in [4.69, 9.17) is 12.2 Å². The first-order valence-electron chi connectivity index (χ1n) is 7.23. The van der Waals surface area contributed by atoms with E-state index < -0.39 is 0 Å². The van der Waals surface area contributed by atoms with Gasteiger partial charge in [-0.3, -0.25) is 13.9 Å². The van der Waals surface area contributed by atoms with E-state index in [1.165, 1.54) is 5.56 Å². The van der Waals surface area contributed by atoms with E-state index >= 15 is 0 Å². The molecule has 0 aromatic carbocycles. The topological polar surface area (TPSA) is 56.4 Å². The number of aromatic amines is 1. The van der Waals surface area contributed by atoms with Crippen LogP contribution >= 0.6 is 12.2 Å². The summed E-state index contributed by atoms with van der Waals surface area (Å²) >= 11 is 5.47. The minimum absolute atomic E-state index is 0.749. The number of hydrogen-bond donors (Lipinski definition) is 1. The standard InChI is InChI=1S/C14H20N6S/c1-4-5-11-12-13(18(3)17-11)20(14(21)16-12)7-6-19-9-10(2)8-15-19/h8-9H,4-7H2,1-3H3,(H,16,21). The number of imidazole rings is 1. The fraction of sp³-hybridized carbons (Fsp3) is 0.500. The molecule has 0 bridgehead atoms. The van der Waals surface area contributed by atoms with Gasteiger partial charge >= 0.3 is 0 Å². The van der Waals surface area contributed by atoms with Crippen molar-refractivity contribution < 1.29 is 0 Å². The van der Waals surface area contributed by atoms with Gasteiger partial charge < -0.3 is 4.98 Å². The number of nitrogens with zero attached hydrogens (tertiary/aromatic N) is 5. The van der Waals surface area contributed by atoms with Gasteiger partial charge in [-0.15, -0.1) is 0 Å². The maximum Gasteiger partial charge on any atom is 0.179 e. The molecule has 0 aliphatic rings. The van der Waals surface area contributed by atoms with Gasteiger partial charge in [0, 0.05) is 19.8 Å². The Balaban J connectivity index is 1.94. The van der Waals surface area contributed by atoms with Crippen LogP contribution in [0, 0.1) is 11.7 Å². The summed E-state index contributed by atoms with van der Waals surface area (Å²) < 4.78 is 6.72. The third kappa shape index (κ3) is 2.53. The molecular formula is C14H20N6S. The van der Waals surface area contributed by atoms with E-state index in [-0.39, 0.29) is 0 Å². The van der Waals surface area contributed by atoms with Crippen LogP contribution in [0.3, 0.4) is 0 Å². The summed E-state index contributed by atoms with van der Waals surface area (Å²) in [5.41, 5.74) is 4.40. The van der Waals surface area contributed by atoms with Crippen LogP contribution in [-0.4, -0.2) is 29.1 Å². The van der Waals surface area contributed by atoms with Crippen molar-refractivity contribution in [2.45, 2.75) is 39.8 Å². The largest absolute Gasteiger partial charge is 0.328 e. The highest BCUT2D eigenvalue weighted by atomic mass is 32.1. The lowest BCUT2D eigenvalue weighted by atomic mass is 10.2. The van der Waals surface area contributed by atoms with Crippen molar-refractivity contribution in [1.29, 1.82) is 0 Å². The van der Waals surface area contributed by atoms with Crippen LogP contribution in [0.4, 0.5) is 0 Å². The molecule has 0 aliphatic heterocycles. The molecule has 3 aromatic rings. The fourth-order valence-electron chi connectivity index (χ4n) is 2.69. The molecule has 0 spiro atoms. The second-order valence-corrected chi connectivity index (χ2v) is 5.77.